The van der Waals surface area contributed by atoms with Gasteiger partial charge in [0.25, 0.3) is 0 Å². The first-order valence-electron chi connectivity index (χ1n) is 6.34. The van der Waals surface area contributed by atoms with Crippen molar-refractivity contribution in [3.8, 4) is 0 Å². The summed E-state index contributed by atoms with van der Waals surface area (Å²) in [6, 6.07) is 3.72. The average Bonchev–Trinajstić information content (AvgIpc) is 2.73. The van der Waals surface area contributed by atoms with Gasteiger partial charge < -0.3 is 5.32 Å². The zero-order valence-electron chi connectivity index (χ0n) is 10.2. The zero-order chi connectivity index (χ0) is 12.3. The number of benzene rings is 1. The van der Waals surface area contributed by atoms with Crippen LogP contribution in [0.3, 0.4) is 0 Å². The zero-order valence-corrected chi connectivity index (χ0v) is 10.2. The molecule has 1 aromatic carbocycles. The van der Waals surface area contributed by atoms with Crippen molar-refractivity contribution < 1.29 is 8.78 Å². The maximum Gasteiger partial charge on any atom is 0.126 e. The van der Waals surface area contributed by atoms with E-state index in [1.807, 2.05) is 0 Å². The van der Waals surface area contributed by atoms with Crippen LogP contribution in [-0.4, -0.2) is 12.1 Å². The van der Waals surface area contributed by atoms with Gasteiger partial charge in [-0.25, -0.2) is 8.78 Å². The minimum absolute atomic E-state index is 0.0244. The molecule has 1 aromatic rings. The summed E-state index contributed by atoms with van der Waals surface area (Å²) in [6.07, 6.45) is 4.84. The average molecular weight is 239 g/mol. The Labute approximate surface area is 101 Å². The van der Waals surface area contributed by atoms with Gasteiger partial charge in [0.05, 0.1) is 0 Å². The summed E-state index contributed by atoms with van der Waals surface area (Å²) >= 11 is 0. The Kier molecular flexibility index (Phi) is 3.77. The minimum atomic E-state index is -0.356. The molecular formula is C14H19F2N. The fourth-order valence-corrected chi connectivity index (χ4v) is 2.84. The van der Waals surface area contributed by atoms with Crippen LogP contribution in [0.25, 0.3) is 0 Å². The van der Waals surface area contributed by atoms with E-state index >= 15 is 0 Å². The second kappa shape index (κ2) is 5.13. The van der Waals surface area contributed by atoms with E-state index < -0.39 is 0 Å². The Bertz CT molecular complexity index is 384. The Morgan fingerprint density at radius 1 is 1.35 bits per heavy atom. The van der Waals surface area contributed by atoms with Crippen LogP contribution in [0.4, 0.5) is 8.78 Å². The lowest BCUT2D eigenvalue weighted by molar-refractivity contribution is 0.337. The van der Waals surface area contributed by atoms with E-state index in [4.69, 9.17) is 0 Å². The molecule has 1 aliphatic rings. The fraction of sp³-hybridized carbons (Fsp3) is 0.571. The molecule has 1 N–H and O–H groups in total. The highest BCUT2D eigenvalue weighted by Gasteiger charge is 2.33. The molecule has 0 bridgehead atoms. The standard InChI is InChI=1S/C14H19F2N/c1-2-6-14(7-3-8-17-14)10-11-9-12(15)4-5-13(11)16/h4-5,9,17H,2-3,6-8,10H2,1H3. The van der Waals surface area contributed by atoms with Crippen LogP contribution in [0.2, 0.25) is 0 Å². The summed E-state index contributed by atoms with van der Waals surface area (Å²) < 4.78 is 26.8. The van der Waals surface area contributed by atoms with Crippen molar-refractivity contribution in [2.24, 2.45) is 0 Å². The highest BCUT2D eigenvalue weighted by atomic mass is 19.1. The van der Waals surface area contributed by atoms with Crippen LogP contribution in [0.5, 0.6) is 0 Å². The SMILES string of the molecule is CCCC1(Cc2cc(F)ccc2F)CCCN1. The van der Waals surface area contributed by atoms with Crippen LogP contribution in [0, 0.1) is 11.6 Å². The topological polar surface area (TPSA) is 12.0 Å². The van der Waals surface area contributed by atoms with Crippen LogP contribution in [-0.2, 0) is 6.42 Å². The van der Waals surface area contributed by atoms with Crippen LogP contribution < -0.4 is 5.32 Å². The van der Waals surface area contributed by atoms with Gasteiger partial charge in [-0.05, 0) is 56.0 Å². The quantitative estimate of drug-likeness (QED) is 0.848. The summed E-state index contributed by atoms with van der Waals surface area (Å²) in [5.41, 5.74) is 0.469. The molecule has 3 heteroatoms. The predicted octanol–water partition coefficient (Wildman–Crippen LogP) is 3.43. The van der Waals surface area contributed by atoms with Crippen molar-refractivity contribution in [3.63, 3.8) is 0 Å². The third-order valence-corrected chi connectivity index (χ3v) is 3.60. The third-order valence-electron chi connectivity index (χ3n) is 3.60. The Morgan fingerprint density at radius 2 is 2.18 bits per heavy atom. The molecule has 1 saturated heterocycles. The molecule has 17 heavy (non-hydrogen) atoms. The van der Waals surface area contributed by atoms with Crippen molar-refractivity contribution in [3.05, 3.63) is 35.4 Å². The van der Waals surface area contributed by atoms with Crippen molar-refractivity contribution in [2.75, 3.05) is 6.54 Å². The number of hydrogen-bond donors (Lipinski definition) is 1. The molecule has 0 amide bonds. The highest BCUT2D eigenvalue weighted by molar-refractivity contribution is 5.22. The van der Waals surface area contributed by atoms with Gasteiger partial charge in [0.15, 0.2) is 0 Å². The molecule has 94 valence electrons. The van der Waals surface area contributed by atoms with Gasteiger partial charge in [0, 0.05) is 5.54 Å². The molecule has 0 saturated carbocycles. The van der Waals surface area contributed by atoms with Crippen LogP contribution in [0.15, 0.2) is 18.2 Å². The van der Waals surface area contributed by atoms with Gasteiger partial charge in [0.1, 0.15) is 11.6 Å². The van der Waals surface area contributed by atoms with E-state index in [-0.39, 0.29) is 17.2 Å². The lowest BCUT2D eigenvalue weighted by Gasteiger charge is -2.29. The van der Waals surface area contributed by atoms with E-state index in [1.54, 1.807) is 0 Å². The van der Waals surface area contributed by atoms with Gasteiger partial charge in [-0.1, -0.05) is 13.3 Å². The molecule has 0 aromatic heterocycles. The first-order valence-corrected chi connectivity index (χ1v) is 6.34. The van der Waals surface area contributed by atoms with Gasteiger partial charge in [-0.2, -0.15) is 0 Å². The van der Waals surface area contributed by atoms with E-state index in [1.165, 1.54) is 18.2 Å². The first kappa shape index (κ1) is 12.5. The van der Waals surface area contributed by atoms with Gasteiger partial charge in [-0.3, -0.25) is 0 Å². The summed E-state index contributed by atoms with van der Waals surface area (Å²) in [5, 5.41) is 3.48. The molecule has 0 spiro atoms. The summed E-state index contributed by atoms with van der Waals surface area (Å²) in [7, 11) is 0. The van der Waals surface area contributed by atoms with Crippen molar-refractivity contribution >= 4 is 0 Å². The van der Waals surface area contributed by atoms with Gasteiger partial charge in [0.2, 0.25) is 0 Å². The normalized spacial score (nSPS) is 24.2. The first-order chi connectivity index (χ1) is 8.15. The molecule has 1 nitrogen and oxygen atoms in total. The Hall–Kier alpha value is -0.960. The molecule has 2 rings (SSSR count). The predicted molar refractivity (Wildman–Crippen MR) is 64.9 cm³/mol. The molecule has 1 unspecified atom stereocenters. The monoisotopic (exact) mass is 239 g/mol. The highest BCUT2D eigenvalue weighted by Crippen LogP contribution is 2.29. The lowest BCUT2D eigenvalue weighted by Crippen LogP contribution is -2.42. The fourth-order valence-electron chi connectivity index (χ4n) is 2.84. The molecule has 0 aliphatic carbocycles. The van der Waals surface area contributed by atoms with Crippen LogP contribution >= 0.6 is 0 Å². The maximum atomic E-state index is 13.6. The lowest BCUT2D eigenvalue weighted by atomic mass is 9.85. The summed E-state index contributed by atoms with van der Waals surface area (Å²) in [6.45, 7) is 3.11. The summed E-state index contributed by atoms with van der Waals surface area (Å²) in [5.74, 6) is -0.651. The van der Waals surface area contributed by atoms with E-state index in [0.717, 1.165) is 32.2 Å². The molecular weight excluding hydrogens is 220 g/mol. The van der Waals surface area contributed by atoms with Gasteiger partial charge in [-0.15, -0.1) is 0 Å². The minimum Gasteiger partial charge on any atom is -0.311 e. The molecule has 1 heterocycles. The number of hydrogen-bond acceptors (Lipinski definition) is 1. The van der Waals surface area contributed by atoms with Gasteiger partial charge >= 0.3 is 0 Å². The van der Waals surface area contributed by atoms with Crippen molar-refractivity contribution in [1.29, 1.82) is 0 Å². The Morgan fingerprint density at radius 3 is 2.82 bits per heavy atom. The molecule has 1 atom stereocenters. The molecule has 1 fully saturated rings. The number of halogens is 2. The largest absolute Gasteiger partial charge is 0.311 e. The molecule has 1 aliphatic heterocycles. The third kappa shape index (κ3) is 2.83. The summed E-state index contributed by atoms with van der Waals surface area (Å²) in [4.78, 5) is 0. The van der Waals surface area contributed by atoms with E-state index in [2.05, 4.69) is 12.2 Å². The van der Waals surface area contributed by atoms with E-state index in [9.17, 15) is 8.78 Å². The Balaban J connectivity index is 2.19. The second-order valence-electron chi connectivity index (χ2n) is 4.97. The second-order valence-corrected chi connectivity index (χ2v) is 4.97. The number of nitrogens with one attached hydrogen (secondary N) is 1. The van der Waals surface area contributed by atoms with Crippen molar-refractivity contribution in [1.82, 2.24) is 5.32 Å². The van der Waals surface area contributed by atoms with E-state index in [0.29, 0.717) is 12.0 Å². The molecule has 0 radical (unpaired) electrons. The maximum absolute atomic E-state index is 13.6. The van der Waals surface area contributed by atoms with Crippen LogP contribution in [0.1, 0.15) is 38.2 Å². The number of rotatable bonds is 4. The van der Waals surface area contributed by atoms with Crippen molar-refractivity contribution in [2.45, 2.75) is 44.6 Å². The smallest absolute Gasteiger partial charge is 0.126 e.